The average Bonchev–Trinajstić information content (AvgIpc) is 3.22. The lowest BCUT2D eigenvalue weighted by molar-refractivity contribution is -0.118. The topological polar surface area (TPSA) is 65.4 Å². The number of rotatable bonds is 7. The molecule has 0 aliphatic heterocycles. The van der Waals surface area contributed by atoms with Gasteiger partial charge in [-0.3, -0.25) is 4.79 Å². The van der Waals surface area contributed by atoms with Crippen LogP contribution in [0.2, 0.25) is 0 Å². The molecule has 2 aromatic heterocycles. The SMILES string of the molecule is COc1ccccc1OCC(=O)Nc1ccnn1Cc1cc(Br)cs1. The van der Waals surface area contributed by atoms with Crippen LogP contribution in [0, 0.1) is 0 Å². The molecular formula is C17H16BrN3O3S. The Bertz CT molecular complexity index is 862. The quantitative estimate of drug-likeness (QED) is 0.630. The maximum Gasteiger partial charge on any atom is 0.263 e. The minimum Gasteiger partial charge on any atom is -0.493 e. The van der Waals surface area contributed by atoms with Crippen molar-refractivity contribution in [1.82, 2.24) is 9.78 Å². The zero-order valence-electron chi connectivity index (χ0n) is 13.4. The van der Waals surface area contributed by atoms with Crippen LogP contribution in [0.5, 0.6) is 11.5 Å². The molecule has 130 valence electrons. The molecule has 1 N–H and O–H groups in total. The number of nitrogens with zero attached hydrogens (tertiary/aromatic N) is 2. The molecule has 0 aliphatic carbocycles. The lowest BCUT2D eigenvalue weighted by Crippen LogP contribution is -2.22. The first kappa shape index (κ1) is 17.5. The third-order valence-corrected chi connectivity index (χ3v) is 5.02. The van der Waals surface area contributed by atoms with Gasteiger partial charge in [0.25, 0.3) is 5.91 Å². The van der Waals surface area contributed by atoms with E-state index in [1.807, 2.05) is 23.6 Å². The molecule has 2 heterocycles. The van der Waals surface area contributed by atoms with E-state index in [-0.39, 0.29) is 12.5 Å². The van der Waals surface area contributed by atoms with Gasteiger partial charge in [-0.1, -0.05) is 12.1 Å². The number of nitrogens with one attached hydrogen (secondary N) is 1. The minimum atomic E-state index is -0.264. The first-order valence-corrected chi connectivity index (χ1v) is 9.13. The summed E-state index contributed by atoms with van der Waals surface area (Å²) in [5.41, 5.74) is 0. The van der Waals surface area contributed by atoms with E-state index in [1.54, 1.807) is 47.5 Å². The maximum absolute atomic E-state index is 12.2. The van der Waals surface area contributed by atoms with Crippen LogP contribution in [0.15, 0.2) is 52.4 Å². The maximum atomic E-state index is 12.2. The van der Waals surface area contributed by atoms with Crippen molar-refractivity contribution in [2.24, 2.45) is 0 Å². The van der Waals surface area contributed by atoms with E-state index in [2.05, 4.69) is 26.3 Å². The number of aromatic nitrogens is 2. The molecule has 0 atom stereocenters. The number of hydrogen-bond donors (Lipinski definition) is 1. The van der Waals surface area contributed by atoms with Gasteiger partial charge in [0.05, 0.1) is 19.9 Å². The van der Waals surface area contributed by atoms with E-state index in [1.165, 1.54) is 0 Å². The van der Waals surface area contributed by atoms with Crippen LogP contribution < -0.4 is 14.8 Å². The molecule has 0 radical (unpaired) electrons. The highest BCUT2D eigenvalue weighted by Gasteiger charge is 2.11. The molecule has 3 aromatic rings. The molecule has 0 spiro atoms. The van der Waals surface area contributed by atoms with Crippen molar-refractivity contribution in [3.8, 4) is 11.5 Å². The third kappa shape index (κ3) is 4.61. The minimum absolute atomic E-state index is 0.115. The third-order valence-electron chi connectivity index (χ3n) is 3.34. The average molecular weight is 422 g/mol. The summed E-state index contributed by atoms with van der Waals surface area (Å²) in [4.78, 5) is 13.3. The van der Waals surface area contributed by atoms with Gasteiger partial charge < -0.3 is 14.8 Å². The number of amides is 1. The fourth-order valence-corrected chi connectivity index (χ4v) is 3.64. The largest absolute Gasteiger partial charge is 0.493 e. The monoisotopic (exact) mass is 421 g/mol. The first-order chi connectivity index (χ1) is 12.2. The zero-order chi connectivity index (χ0) is 17.6. The molecule has 0 aliphatic rings. The Hall–Kier alpha value is -2.32. The molecule has 3 rings (SSSR count). The van der Waals surface area contributed by atoms with Gasteiger partial charge in [0.15, 0.2) is 18.1 Å². The van der Waals surface area contributed by atoms with E-state index in [0.29, 0.717) is 23.9 Å². The molecule has 1 aromatic carbocycles. The van der Waals surface area contributed by atoms with Crippen LogP contribution in [-0.4, -0.2) is 29.4 Å². The number of carbonyl (C=O) groups is 1. The number of halogens is 1. The van der Waals surface area contributed by atoms with Gasteiger partial charge in [-0.2, -0.15) is 5.10 Å². The van der Waals surface area contributed by atoms with Gasteiger partial charge in [-0.25, -0.2) is 4.68 Å². The summed E-state index contributed by atoms with van der Waals surface area (Å²) in [5.74, 6) is 1.47. The molecule has 6 nitrogen and oxygen atoms in total. The predicted octanol–water partition coefficient (Wildman–Crippen LogP) is 3.78. The molecule has 0 saturated heterocycles. The summed E-state index contributed by atoms with van der Waals surface area (Å²) in [6.45, 7) is 0.475. The van der Waals surface area contributed by atoms with Crippen molar-refractivity contribution in [2.45, 2.75) is 6.54 Å². The van der Waals surface area contributed by atoms with Gasteiger partial charge in [-0.15, -0.1) is 11.3 Å². The van der Waals surface area contributed by atoms with Gasteiger partial charge in [-0.05, 0) is 34.1 Å². The van der Waals surface area contributed by atoms with E-state index in [9.17, 15) is 4.79 Å². The standard InChI is InChI=1S/C17H16BrN3O3S/c1-23-14-4-2-3-5-15(14)24-10-17(22)20-16-6-7-19-21(16)9-13-8-12(18)11-25-13/h2-8,11H,9-10H2,1H3,(H,20,22). The van der Waals surface area contributed by atoms with E-state index in [4.69, 9.17) is 9.47 Å². The molecule has 0 saturated carbocycles. The summed E-state index contributed by atoms with van der Waals surface area (Å²) in [5, 5.41) is 9.08. The lowest BCUT2D eigenvalue weighted by atomic mass is 10.3. The van der Waals surface area contributed by atoms with Crippen LogP contribution in [-0.2, 0) is 11.3 Å². The summed E-state index contributed by atoms with van der Waals surface area (Å²) in [6, 6.07) is 11.0. The number of carbonyl (C=O) groups excluding carboxylic acids is 1. The fourth-order valence-electron chi connectivity index (χ4n) is 2.21. The van der Waals surface area contributed by atoms with Crippen LogP contribution in [0.25, 0.3) is 0 Å². The number of benzene rings is 1. The van der Waals surface area contributed by atoms with Crippen molar-refractivity contribution in [1.29, 1.82) is 0 Å². The predicted molar refractivity (Wildman–Crippen MR) is 100 cm³/mol. The summed E-state index contributed by atoms with van der Waals surface area (Å²) < 4.78 is 13.5. The Kier molecular flexibility index (Phi) is 5.72. The molecule has 0 unspecified atom stereocenters. The van der Waals surface area contributed by atoms with Gasteiger partial charge in [0.2, 0.25) is 0 Å². The second-order valence-corrected chi connectivity index (χ2v) is 7.00. The van der Waals surface area contributed by atoms with Gasteiger partial charge in [0, 0.05) is 20.8 Å². The number of methoxy groups -OCH3 is 1. The Balaban J connectivity index is 1.59. The smallest absolute Gasteiger partial charge is 0.263 e. The molecule has 25 heavy (non-hydrogen) atoms. The van der Waals surface area contributed by atoms with Crippen LogP contribution >= 0.6 is 27.3 Å². The number of ether oxygens (including phenoxy) is 2. The van der Waals surface area contributed by atoms with Gasteiger partial charge in [0.1, 0.15) is 5.82 Å². The fraction of sp³-hybridized carbons (Fsp3) is 0.176. The van der Waals surface area contributed by atoms with Crippen molar-refractivity contribution in [2.75, 3.05) is 19.0 Å². The molecule has 0 bridgehead atoms. The zero-order valence-corrected chi connectivity index (χ0v) is 15.8. The van der Waals surface area contributed by atoms with Crippen LogP contribution in [0.3, 0.4) is 0 Å². The van der Waals surface area contributed by atoms with Crippen molar-refractivity contribution >= 4 is 39.0 Å². The number of hydrogen-bond acceptors (Lipinski definition) is 5. The summed E-state index contributed by atoms with van der Waals surface area (Å²) in [6.07, 6.45) is 1.65. The molecule has 0 fully saturated rings. The van der Waals surface area contributed by atoms with Crippen molar-refractivity contribution in [3.63, 3.8) is 0 Å². The summed E-state index contributed by atoms with van der Waals surface area (Å²) >= 11 is 5.06. The van der Waals surface area contributed by atoms with Crippen LogP contribution in [0.4, 0.5) is 5.82 Å². The van der Waals surface area contributed by atoms with Crippen molar-refractivity contribution in [3.05, 3.63) is 57.3 Å². The highest BCUT2D eigenvalue weighted by molar-refractivity contribution is 9.10. The highest BCUT2D eigenvalue weighted by Crippen LogP contribution is 2.25. The highest BCUT2D eigenvalue weighted by atomic mass is 79.9. The van der Waals surface area contributed by atoms with E-state index < -0.39 is 0 Å². The number of para-hydroxylation sites is 2. The Labute approximate surface area is 157 Å². The number of anilines is 1. The second-order valence-electron chi connectivity index (χ2n) is 5.09. The molecule has 1 amide bonds. The molecular weight excluding hydrogens is 406 g/mol. The second kappa shape index (κ2) is 8.17. The van der Waals surface area contributed by atoms with Gasteiger partial charge >= 0.3 is 0 Å². The van der Waals surface area contributed by atoms with Crippen molar-refractivity contribution < 1.29 is 14.3 Å². The summed E-state index contributed by atoms with van der Waals surface area (Å²) in [7, 11) is 1.56. The normalized spacial score (nSPS) is 10.5. The Morgan fingerprint density at radius 2 is 2.12 bits per heavy atom. The Morgan fingerprint density at radius 1 is 1.32 bits per heavy atom. The number of thiophene rings is 1. The Morgan fingerprint density at radius 3 is 2.84 bits per heavy atom. The first-order valence-electron chi connectivity index (χ1n) is 7.46. The van der Waals surface area contributed by atoms with E-state index >= 15 is 0 Å². The molecule has 8 heteroatoms. The van der Waals surface area contributed by atoms with E-state index in [0.717, 1.165) is 9.35 Å². The van der Waals surface area contributed by atoms with Crippen LogP contribution in [0.1, 0.15) is 4.88 Å². The lowest BCUT2D eigenvalue weighted by Gasteiger charge is -2.11.